The van der Waals surface area contributed by atoms with Crippen LogP contribution in [0.25, 0.3) is 17.1 Å². The van der Waals surface area contributed by atoms with E-state index in [1.807, 2.05) is 43.5 Å². The molecule has 1 aliphatic heterocycles. The Bertz CT molecular complexity index is 828. The van der Waals surface area contributed by atoms with Crippen LogP contribution in [0.3, 0.4) is 0 Å². The van der Waals surface area contributed by atoms with Gasteiger partial charge in [0, 0.05) is 24.2 Å². The van der Waals surface area contributed by atoms with Crippen LogP contribution in [0.4, 0.5) is 0 Å². The molecule has 0 bridgehead atoms. The van der Waals surface area contributed by atoms with Crippen molar-refractivity contribution in [2.75, 3.05) is 7.05 Å². The highest BCUT2D eigenvalue weighted by molar-refractivity contribution is 6.03. The number of rotatable bonds is 1. The summed E-state index contributed by atoms with van der Waals surface area (Å²) in [5.74, 6) is 0.246. The Hall–Kier alpha value is -2.69. The van der Waals surface area contributed by atoms with Gasteiger partial charge in [-0.15, -0.1) is 0 Å². The average molecular weight is 278 g/mol. The minimum Gasteiger partial charge on any atom is -0.315 e. The molecule has 1 aromatic carbocycles. The number of carbonyl (C=O) groups excluding carboxylic acids is 1. The molecule has 1 aromatic heterocycles. The number of nitrogens with zero attached hydrogens (tertiary/aromatic N) is 3. The molecule has 1 amide bonds. The summed E-state index contributed by atoms with van der Waals surface area (Å²) in [5, 5.41) is 10.7. The number of H-pyrrole nitrogens is 1. The fourth-order valence-corrected chi connectivity index (χ4v) is 3.00. The highest BCUT2D eigenvalue weighted by Gasteiger charge is 2.37. The summed E-state index contributed by atoms with van der Waals surface area (Å²) in [5.41, 5.74) is 4.53. The van der Waals surface area contributed by atoms with Crippen molar-refractivity contribution >= 4 is 23.0 Å². The van der Waals surface area contributed by atoms with Gasteiger partial charge in [-0.3, -0.25) is 4.79 Å². The number of nitrogens with one attached hydrogen (secondary N) is 1. The van der Waals surface area contributed by atoms with Crippen molar-refractivity contribution in [1.82, 2.24) is 20.3 Å². The van der Waals surface area contributed by atoms with Gasteiger partial charge in [-0.2, -0.15) is 15.4 Å². The van der Waals surface area contributed by atoms with Crippen LogP contribution in [-0.4, -0.2) is 33.3 Å². The number of carbonyl (C=O) groups is 1. The first-order chi connectivity index (χ1) is 10.2. The number of hydrogen-bond donors (Lipinski definition) is 1. The lowest BCUT2D eigenvalue weighted by Crippen LogP contribution is -2.18. The zero-order valence-corrected chi connectivity index (χ0v) is 11.6. The fourth-order valence-electron chi connectivity index (χ4n) is 3.00. The lowest BCUT2D eigenvalue weighted by atomic mass is 9.91. The number of likely N-dealkylation sites (N-methyl/N-ethyl adjacent to an activating group) is 1. The molecule has 4 rings (SSSR count). The van der Waals surface area contributed by atoms with Crippen molar-refractivity contribution in [3.05, 3.63) is 53.3 Å². The van der Waals surface area contributed by atoms with E-state index in [-0.39, 0.29) is 11.8 Å². The second-order valence-electron chi connectivity index (χ2n) is 5.34. The number of fused-ring (bicyclic) bond motifs is 2. The van der Waals surface area contributed by atoms with E-state index in [0.29, 0.717) is 0 Å². The maximum absolute atomic E-state index is 12.4. The monoisotopic (exact) mass is 278 g/mol. The fraction of sp³-hybridized carbons (Fsp3) is 0.188. The van der Waals surface area contributed by atoms with E-state index in [0.717, 1.165) is 34.3 Å². The molecule has 1 atom stereocenters. The van der Waals surface area contributed by atoms with Crippen LogP contribution in [-0.2, 0) is 4.79 Å². The number of likely N-dealkylation sites (tertiary alicyclic amines) is 1. The van der Waals surface area contributed by atoms with Crippen LogP contribution in [0.1, 0.15) is 12.0 Å². The van der Waals surface area contributed by atoms with Gasteiger partial charge < -0.3 is 4.90 Å². The Morgan fingerprint density at radius 1 is 1.33 bits per heavy atom. The molecule has 21 heavy (non-hydrogen) atoms. The molecule has 104 valence electrons. The van der Waals surface area contributed by atoms with Gasteiger partial charge in [0.05, 0.1) is 0 Å². The molecule has 5 nitrogen and oxygen atoms in total. The molecule has 5 heteroatoms. The normalized spacial score (nSPS) is 23.0. The lowest BCUT2D eigenvalue weighted by Gasteiger charge is -2.16. The van der Waals surface area contributed by atoms with Crippen molar-refractivity contribution < 1.29 is 4.79 Å². The Morgan fingerprint density at radius 2 is 2.19 bits per heavy atom. The van der Waals surface area contributed by atoms with Crippen molar-refractivity contribution in [1.29, 1.82) is 0 Å². The molecule has 1 N–H and O–H groups in total. The van der Waals surface area contributed by atoms with Gasteiger partial charge in [-0.1, -0.05) is 18.2 Å². The Kier molecular flexibility index (Phi) is 2.54. The highest BCUT2D eigenvalue weighted by Crippen LogP contribution is 2.38. The molecule has 1 fully saturated rings. The second-order valence-corrected chi connectivity index (χ2v) is 5.34. The van der Waals surface area contributed by atoms with Crippen molar-refractivity contribution in [3.63, 3.8) is 0 Å². The summed E-state index contributed by atoms with van der Waals surface area (Å²) in [4.78, 5) is 14.2. The van der Waals surface area contributed by atoms with Crippen LogP contribution in [0.15, 0.2) is 47.7 Å². The topological polar surface area (TPSA) is 61.9 Å². The van der Waals surface area contributed by atoms with E-state index in [9.17, 15) is 4.79 Å². The Balaban J connectivity index is 1.79. The van der Waals surface area contributed by atoms with E-state index < -0.39 is 0 Å². The molecular formula is C16H14N4O. The van der Waals surface area contributed by atoms with Gasteiger partial charge in [0.25, 0.3) is 5.91 Å². The van der Waals surface area contributed by atoms with E-state index in [1.54, 1.807) is 4.90 Å². The van der Waals surface area contributed by atoms with Crippen LogP contribution in [0.2, 0.25) is 0 Å². The summed E-state index contributed by atoms with van der Waals surface area (Å²) >= 11 is 0. The zero-order chi connectivity index (χ0) is 14.4. The number of amides is 1. The maximum Gasteiger partial charge on any atom is 0.254 e. The Labute approximate surface area is 121 Å². The summed E-state index contributed by atoms with van der Waals surface area (Å²) in [7, 11) is 1.84. The van der Waals surface area contributed by atoms with Gasteiger partial charge in [-0.25, -0.2) is 0 Å². The third-order valence-corrected chi connectivity index (χ3v) is 4.11. The molecule has 1 unspecified atom stereocenters. The maximum atomic E-state index is 12.4. The minimum absolute atomic E-state index is 0.0789. The largest absolute Gasteiger partial charge is 0.315 e. The predicted octanol–water partition coefficient (Wildman–Crippen LogP) is 2.27. The van der Waals surface area contributed by atoms with Crippen LogP contribution in [0, 0.1) is 5.92 Å². The number of allylic oxidation sites excluding steroid dienone is 4. The van der Waals surface area contributed by atoms with Crippen molar-refractivity contribution in [2.45, 2.75) is 6.42 Å². The van der Waals surface area contributed by atoms with E-state index >= 15 is 0 Å². The number of aromatic amines is 1. The predicted molar refractivity (Wildman–Crippen MR) is 80.0 cm³/mol. The molecular weight excluding hydrogens is 264 g/mol. The molecule has 0 radical (unpaired) electrons. The summed E-state index contributed by atoms with van der Waals surface area (Å²) < 4.78 is 0. The molecule has 0 saturated carbocycles. The number of aromatic nitrogens is 3. The smallest absolute Gasteiger partial charge is 0.254 e. The van der Waals surface area contributed by atoms with Gasteiger partial charge in [0.2, 0.25) is 0 Å². The van der Waals surface area contributed by atoms with Crippen molar-refractivity contribution in [3.8, 4) is 0 Å². The van der Waals surface area contributed by atoms with Crippen LogP contribution in [0.5, 0.6) is 0 Å². The standard InChI is InChI=1S/C16H14N4O/c1-20-15-5-3-2-4-11(15)12(16(20)21)8-10-6-7-13-14(9-10)18-19-17-13/h2-3,5-9,11H,4H2,1H3,(H,17,18,19)/b12-8+. The van der Waals surface area contributed by atoms with Gasteiger partial charge in [0.1, 0.15) is 11.0 Å². The molecule has 2 aromatic rings. The summed E-state index contributed by atoms with van der Waals surface area (Å²) in [6.45, 7) is 0. The minimum atomic E-state index is 0.0789. The molecule has 2 heterocycles. The van der Waals surface area contributed by atoms with Crippen LogP contribution < -0.4 is 0 Å². The van der Waals surface area contributed by atoms with E-state index in [4.69, 9.17) is 0 Å². The van der Waals surface area contributed by atoms with Gasteiger partial charge in [0.15, 0.2) is 0 Å². The first-order valence-electron chi connectivity index (χ1n) is 6.91. The molecule has 0 spiro atoms. The first kappa shape index (κ1) is 12.1. The van der Waals surface area contributed by atoms with Crippen LogP contribution >= 0.6 is 0 Å². The third-order valence-electron chi connectivity index (χ3n) is 4.11. The van der Waals surface area contributed by atoms with Crippen molar-refractivity contribution in [2.24, 2.45) is 5.92 Å². The first-order valence-corrected chi connectivity index (χ1v) is 6.91. The average Bonchev–Trinajstić information content (AvgIpc) is 3.06. The van der Waals surface area contributed by atoms with E-state index in [1.165, 1.54) is 0 Å². The van der Waals surface area contributed by atoms with Gasteiger partial charge in [-0.05, 0) is 36.3 Å². The van der Waals surface area contributed by atoms with E-state index in [2.05, 4.69) is 21.5 Å². The summed E-state index contributed by atoms with van der Waals surface area (Å²) in [6.07, 6.45) is 8.99. The summed E-state index contributed by atoms with van der Waals surface area (Å²) in [6, 6.07) is 5.82. The quantitative estimate of drug-likeness (QED) is 0.814. The number of hydrogen-bond acceptors (Lipinski definition) is 3. The zero-order valence-electron chi connectivity index (χ0n) is 11.6. The molecule has 1 saturated heterocycles. The van der Waals surface area contributed by atoms with Gasteiger partial charge >= 0.3 is 0 Å². The SMILES string of the molecule is CN1C(=O)/C(=C/c2ccc3n[nH]nc3c2)C2CC=CC=C21. The number of benzene rings is 1. The molecule has 1 aliphatic carbocycles. The second kappa shape index (κ2) is 4.41. The molecule has 2 aliphatic rings. The highest BCUT2D eigenvalue weighted by atomic mass is 16.2. The Morgan fingerprint density at radius 3 is 3.10 bits per heavy atom. The third kappa shape index (κ3) is 1.81. The lowest BCUT2D eigenvalue weighted by molar-refractivity contribution is -0.122.